The largest absolute Gasteiger partial charge is 0.378 e. The van der Waals surface area contributed by atoms with Gasteiger partial charge in [-0.05, 0) is 26.2 Å². The smallest absolute Gasteiger partial charge is 0.221 e. The summed E-state index contributed by atoms with van der Waals surface area (Å²) in [7, 11) is 0. The molecular weight excluding hydrogens is 192 g/mol. The molecule has 1 heterocycles. The van der Waals surface area contributed by atoms with Crippen LogP contribution >= 0.6 is 0 Å². The van der Waals surface area contributed by atoms with Gasteiger partial charge in [-0.15, -0.1) is 0 Å². The zero-order chi connectivity index (χ0) is 11.3. The summed E-state index contributed by atoms with van der Waals surface area (Å²) in [6.07, 6.45) is 3.36. The summed E-state index contributed by atoms with van der Waals surface area (Å²) in [5.41, 5.74) is 5.72. The number of nitrogens with one attached hydrogen (secondary N) is 1. The maximum Gasteiger partial charge on any atom is 0.221 e. The van der Waals surface area contributed by atoms with Gasteiger partial charge in [0.05, 0.1) is 6.10 Å². The Morgan fingerprint density at radius 2 is 2.40 bits per heavy atom. The minimum Gasteiger partial charge on any atom is -0.378 e. The summed E-state index contributed by atoms with van der Waals surface area (Å²) < 4.78 is 5.42. The lowest BCUT2D eigenvalue weighted by atomic mass is 10.0. The molecule has 3 N–H and O–H groups in total. The Balaban J connectivity index is 2.24. The molecular formula is C11H22N2O2. The molecule has 0 bridgehead atoms. The van der Waals surface area contributed by atoms with Gasteiger partial charge in [-0.1, -0.05) is 6.92 Å². The van der Waals surface area contributed by atoms with Crippen molar-refractivity contribution in [1.29, 1.82) is 0 Å². The second kappa shape index (κ2) is 6.08. The Morgan fingerprint density at radius 3 is 3.00 bits per heavy atom. The zero-order valence-corrected chi connectivity index (χ0v) is 9.66. The molecule has 1 rings (SSSR count). The SMILES string of the molecule is CCC(N)CC(=O)NC1CCOC(C)C1. The lowest BCUT2D eigenvalue weighted by molar-refractivity contribution is -0.123. The highest BCUT2D eigenvalue weighted by molar-refractivity contribution is 5.76. The van der Waals surface area contributed by atoms with Crippen molar-refractivity contribution in [2.24, 2.45) is 5.73 Å². The number of nitrogens with two attached hydrogens (primary N) is 1. The Hall–Kier alpha value is -0.610. The van der Waals surface area contributed by atoms with Crippen molar-refractivity contribution in [1.82, 2.24) is 5.32 Å². The third kappa shape index (κ3) is 4.62. The molecule has 1 aliphatic rings. The van der Waals surface area contributed by atoms with Crippen molar-refractivity contribution in [2.45, 2.75) is 57.7 Å². The molecule has 4 heteroatoms. The minimum absolute atomic E-state index is 0.0118. The van der Waals surface area contributed by atoms with Crippen LogP contribution in [0.5, 0.6) is 0 Å². The minimum atomic E-state index is -0.0118. The second-order valence-corrected chi connectivity index (χ2v) is 4.34. The predicted molar refractivity (Wildman–Crippen MR) is 59.5 cm³/mol. The van der Waals surface area contributed by atoms with Crippen LogP contribution in [-0.2, 0) is 9.53 Å². The second-order valence-electron chi connectivity index (χ2n) is 4.34. The van der Waals surface area contributed by atoms with Crippen molar-refractivity contribution in [3.63, 3.8) is 0 Å². The standard InChI is InChI=1S/C11H22N2O2/c1-3-9(12)7-11(14)13-10-4-5-15-8(2)6-10/h8-10H,3-7,12H2,1-2H3,(H,13,14). The summed E-state index contributed by atoms with van der Waals surface area (Å²) >= 11 is 0. The van der Waals surface area contributed by atoms with E-state index in [0.29, 0.717) is 6.42 Å². The van der Waals surface area contributed by atoms with Crippen molar-refractivity contribution < 1.29 is 9.53 Å². The van der Waals surface area contributed by atoms with E-state index in [2.05, 4.69) is 5.32 Å². The molecule has 3 atom stereocenters. The lowest BCUT2D eigenvalue weighted by Crippen LogP contribution is -2.42. The first-order chi connectivity index (χ1) is 7.11. The normalized spacial score (nSPS) is 28.5. The molecule has 0 aliphatic carbocycles. The van der Waals surface area contributed by atoms with Gasteiger partial charge in [0, 0.05) is 25.1 Å². The molecule has 4 nitrogen and oxygen atoms in total. The van der Waals surface area contributed by atoms with Crippen LogP contribution in [0.3, 0.4) is 0 Å². The summed E-state index contributed by atoms with van der Waals surface area (Å²) in [5.74, 6) is 0.0726. The van der Waals surface area contributed by atoms with Crippen LogP contribution in [0.1, 0.15) is 39.5 Å². The summed E-state index contributed by atoms with van der Waals surface area (Å²) in [4.78, 5) is 11.6. The molecule has 1 saturated heterocycles. The first-order valence-corrected chi connectivity index (χ1v) is 5.78. The van der Waals surface area contributed by atoms with Crippen LogP contribution in [0.25, 0.3) is 0 Å². The molecule has 1 amide bonds. The molecule has 0 spiro atoms. The van der Waals surface area contributed by atoms with Gasteiger partial charge in [0.25, 0.3) is 0 Å². The van der Waals surface area contributed by atoms with Gasteiger partial charge in [0.1, 0.15) is 0 Å². The summed E-state index contributed by atoms with van der Waals surface area (Å²) in [6, 6.07) is 0.257. The molecule has 1 aliphatic heterocycles. The third-order valence-electron chi connectivity index (χ3n) is 2.82. The first kappa shape index (κ1) is 12.5. The van der Waals surface area contributed by atoms with Gasteiger partial charge >= 0.3 is 0 Å². The Morgan fingerprint density at radius 1 is 1.67 bits per heavy atom. The maximum absolute atomic E-state index is 11.6. The van der Waals surface area contributed by atoms with Gasteiger partial charge in [0.2, 0.25) is 5.91 Å². The fourth-order valence-electron chi connectivity index (χ4n) is 1.80. The van der Waals surface area contributed by atoms with E-state index in [1.54, 1.807) is 0 Å². The molecule has 0 aromatic rings. The zero-order valence-electron chi connectivity index (χ0n) is 9.66. The maximum atomic E-state index is 11.6. The molecule has 0 saturated carbocycles. The van der Waals surface area contributed by atoms with Crippen molar-refractivity contribution in [2.75, 3.05) is 6.61 Å². The average Bonchev–Trinajstić information content (AvgIpc) is 2.17. The third-order valence-corrected chi connectivity index (χ3v) is 2.82. The molecule has 0 aromatic heterocycles. The molecule has 88 valence electrons. The van der Waals surface area contributed by atoms with Crippen LogP contribution in [-0.4, -0.2) is 30.7 Å². The molecule has 1 fully saturated rings. The average molecular weight is 214 g/mol. The topological polar surface area (TPSA) is 64.4 Å². The highest BCUT2D eigenvalue weighted by Gasteiger charge is 2.21. The Labute approximate surface area is 91.5 Å². The van der Waals surface area contributed by atoms with E-state index in [9.17, 15) is 4.79 Å². The number of rotatable bonds is 4. The van der Waals surface area contributed by atoms with E-state index < -0.39 is 0 Å². The Kier molecular flexibility index (Phi) is 5.05. The van der Waals surface area contributed by atoms with Crippen LogP contribution in [0.2, 0.25) is 0 Å². The fourth-order valence-corrected chi connectivity index (χ4v) is 1.80. The molecule has 15 heavy (non-hydrogen) atoms. The van der Waals surface area contributed by atoms with Crippen LogP contribution in [0.15, 0.2) is 0 Å². The number of carbonyl (C=O) groups is 1. The Bertz CT molecular complexity index is 209. The monoisotopic (exact) mass is 214 g/mol. The lowest BCUT2D eigenvalue weighted by Gasteiger charge is -2.28. The number of hydrogen-bond acceptors (Lipinski definition) is 3. The van der Waals surface area contributed by atoms with Crippen molar-refractivity contribution in [3.8, 4) is 0 Å². The van der Waals surface area contributed by atoms with Crippen molar-refractivity contribution >= 4 is 5.91 Å². The van der Waals surface area contributed by atoms with E-state index >= 15 is 0 Å². The quantitative estimate of drug-likeness (QED) is 0.727. The summed E-state index contributed by atoms with van der Waals surface area (Å²) in [6.45, 7) is 4.77. The molecule has 3 unspecified atom stereocenters. The van der Waals surface area contributed by atoms with Crippen LogP contribution < -0.4 is 11.1 Å². The highest BCUT2D eigenvalue weighted by atomic mass is 16.5. The van der Waals surface area contributed by atoms with Gasteiger partial charge in [0.15, 0.2) is 0 Å². The number of ether oxygens (including phenoxy) is 1. The highest BCUT2D eigenvalue weighted by Crippen LogP contribution is 2.13. The van der Waals surface area contributed by atoms with Crippen LogP contribution in [0, 0.1) is 0 Å². The van der Waals surface area contributed by atoms with Gasteiger partial charge in [-0.25, -0.2) is 0 Å². The van der Waals surface area contributed by atoms with E-state index in [1.165, 1.54) is 0 Å². The van der Waals surface area contributed by atoms with E-state index in [0.717, 1.165) is 25.9 Å². The molecule has 0 aromatic carbocycles. The number of hydrogen-bond donors (Lipinski definition) is 2. The van der Waals surface area contributed by atoms with Gasteiger partial charge in [-0.2, -0.15) is 0 Å². The molecule has 0 radical (unpaired) electrons. The number of carbonyl (C=O) groups excluding carboxylic acids is 1. The summed E-state index contributed by atoms with van der Waals surface area (Å²) in [5, 5.41) is 3.02. The fraction of sp³-hybridized carbons (Fsp3) is 0.909. The van der Waals surface area contributed by atoms with E-state index in [4.69, 9.17) is 10.5 Å². The van der Waals surface area contributed by atoms with Gasteiger partial charge < -0.3 is 15.8 Å². The van der Waals surface area contributed by atoms with Crippen molar-refractivity contribution in [3.05, 3.63) is 0 Å². The van der Waals surface area contributed by atoms with E-state index in [1.807, 2.05) is 13.8 Å². The first-order valence-electron chi connectivity index (χ1n) is 5.78. The number of amides is 1. The predicted octanol–water partition coefficient (Wildman–Crippen LogP) is 0.797. The van der Waals surface area contributed by atoms with Crippen LogP contribution in [0.4, 0.5) is 0 Å². The van der Waals surface area contributed by atoms with Gasteiger partial charge in [-0.3, -0.25) is 4.79 Å². The van der Waals surface area contributed by atoms with E-state index in [-0.39, 0.29) is 24.1 Å².